The number of thioether (sulfide) groups is 1. The fourth-order valence-corrected chi connectivity index (χ4v) is 3.13. The van der Waals surface area contributed by atoms with Gasteiger partial charge >= 0.3 is 26.0 Å². The van der Waals surface area contributed by atoms with Gasteiger partial charge in [-0.25, -0.2) is 0 Å². The molecule has 2 aliphatic rings. The van der Waals surface area contributed by atoms with Gasteiger partial charge in [0, 0.05) is 0 Å². The summed E-state index contributed by atoms with van der Waals surface area (Å²) in [7, 11) is -0.271. The van der Waals surface area contributed by atoms with E-state index in [4.69, 9.17) is 9.31 Å². The molecule has 0 aliphatic carbocycles. The van der Waals surface area contributed by atoms with Gasteiger partial charge in [0.1, 0.15) is 0 Å². The minimum atomic E-state index is -0.289. The van der Waals surface area contributed by atoms with Crippen LogP contribution < -0.4 is 18.9 Å². The molecule has 0 spiro atoms. The molecule has 19 heavy (non-hydrogen) atoms. The summed E-state index contributed by atoms with van der Waals surface area (Å²) in [6, 6.07) is 8.17. The summed E-state index contributed by atoms with van der Waals surface area (Å²) in [6.45, 7) is 8.28. The molecule has 1 fully saturated rings. The molecule has 96 valence electrons. The molecule has 0 radical (unpaired) electrons. The molecular weight excluding hydrogens is 252 g/mol. The molecule has 1 unspecified atom stereocenters. The second-order valence-corrected chi connectivity index (χ2v) is 6.89. The second-order valence-electron chi connectivity index (χ2n) is 5.73. The maximum absolute atomic E-state index is 6.04. The summed E-state index contributed by atoms with van der Waals surface area (Å²) < 4.78 is 12.1. The first-order chi connectivity index (χ1) is 8.39. The van der Waals surface area contributed by atoms with Gasteiger partial charge in [0.25, 0.3) is 0 Å². The molecule has 1 aromatic carbocycles. The molecule has 0 saturated carbocycles. The maximum Gasteiger partial charge on any atom is 1.00 e. The molecule has 2 heterocycles. The van der Waals surface area contributed by atoms with Crippen molar-refractivity contribution in [1.82, 2.24) is 0 Å². The van der Waals surface area contributed by atoms with Crippen LogP contribution >= 0.6 is 11.8 Å². The fourth-order valence-electron chi connectivity index (χ4n) is 2.08. The van der Waals surface area contributed by atoms with Crippen LogP contribution in [0.15, 0.2) is 29.2 Å². The van der Waals surface area contributed by atoms with Crippen molar-refractivity contribution in [2.75, 3.05) is 0 Å². The minimum Gasteiger partial charge on any atom is -0.674 e. The third-order valence-electron chi connectivity index (χ3n) is 3.88. The van der Waals surface area contributed by atoms with E-state index in [1.807, 2.05) is 18.2 Å². The van der Waals surface area contributed by atoms with Crippen molar-refractivity contribution in [3.63, 3.8) is 0 Å². The first-order valence-corrected chi connectivity index (χ1v) is 7.09. The van der Waals surface area contributed by atoms with Gasteiger partial charge in [-0.05, 0) is 43.9 Å². The topological polar surface area (TPSA) is 32.6 Å². The molecule has 1 atom stereocenters. The molecule has 0 aromatic heterocycles. The largest absolute Gasteiger partial charge is 1.00 e. The first kappa shape index (κ1) is 15.3. The number of benzene rings is 1. The van der Waals surface area contributed by atoms with Crippen molar-refractivity contribution in [2.45, 2.75) is 49.1 Å². The van der Waals surface area contributed by atoms with Crippen LogP contribution in [0.5, 0.6) is 0 Å². The average Bonchev–Trinajstić information content (AvgIpc) is 2.78. The van der Waals surface area contributed by atoms with Gasteiger partial charge in [-0.2, -0.15) is 0 Å². The zero-order chi connectivity index (χ0) is 13.0. The Morgan fingerprint density at radius 1 is 1.11 bits per heavy atom. The first-order valence-electron chi connectivity index (χ1n) is 6.21. The third kappa shape index (κ3) is 2.60. The number of hydrogen-bond donors (Lipinski definition) is 0. The molecular formula is C13H17BLiNO2S. The molecule has 1 aromatic rings. The third-order valence-corrected chi connectivity index (χ3v) is 5.05. The average molecular weight is 269 g/mol. The van der Waals surface area contributed by atoms with Gasteiger partial charge in [0.2, 0.25) is 0 Å². The van der Waals surface area contributed by atoms with Crippen LogP contribution in [0.4, 0.5) is 5.69 Å². The van der Waals surface area contributed by atoms with E-state index < -0.39 is 0 Å². The minimum absolute atomic E-state index is 0. The van der Waals surface area contributed by atoms with Crippen LogP contribution in [0, 0.1) is 0 Å². The Hall–Kier alpha value is -0.0477. The van der Waals surface area contributed by atoms with Gasteiger partial charge in [0.05, 0.1) is 11.2 Å². The monoisotopic (exact) mass is 269 g/mol. The number of nitrogens with zero attached hydrogens (tertiary/aromatic N) is 1. The second kappa shape index (κ2) is 5.05. The summed E-state index contributed by atoms with van der Waals surface area (Å²) in [6.07, 6.45) is 0. The summed E-state index contributed by atoms with van der Waals surface area (Å²) in [4.78, 5) is 1.21. The van der Waals surface area contributed by atoms with Crippen molar-refractivity contribution in [2.24, 2.45) is 0 Å². The zero-order valence-corrected chi connectivity index (χ0v) is 13.0. The predicted octanol–water partition coefficient (Wildman–Crippen LogP) is 0.759. The van der Waals surface area contributed by atoms with Crippen LogP contribution in [0.2, 0.25) is 0 Å². The normalized spacial score (nSPS) is 26.5. The van der Waals surface area contributed by atoms with Crippen LogP contribution in [0.25, 0.3) is 5.32 Å². The number of hydrogen-bond acceptors (Lipinski definition) is 3. The van der Waals surface area contributed by atoms with E-state index in [9.17, 15) is 0 Å². The fraction of sp³-hybridized carbons (Fsp3) is 0.538. The Labute approximate surface area is 131 Å². The number of para-hydroxylation sites is 1. The molecule has 6 heteroatoms. The van der Waals surface area contributed by atoms with Crippen LogP contribution in [0.3, 0.4) is 0 Å². The van der Waals surface area contributed by atoms with Gasteiger partial charge in [-0.3, -0.25) is 0 Å². The van der Waals surface area contributed by atoms with Gasteiger partial charge in [-0.1, -0.05) is 18.2 Å². The predicted molar refractivity (Wildman–Crippen MR) is 75.2 cm³/mol. The van der Waals surface area contributed by atoms with E-state index in [0.717, 1.165) is 5.69 Å². The van der Waals surface area contributed by atoms with Crippen molar-refractivity contribution in [3.8, 4) is 0 Å². The van der Waals surface area contributed by atoms with Crippen molar-refractivity contribution in [1.29, 1.82) is 0 Å². The molecule has 0 amide bonds. The van der Waals surface area contributed by atoms with Gasteiger partial charge < -0.3 is 14.6 Å². The summed E-state index contributed by atoms with van der Waals surface area (Å²) in [5, 5.41) is 4.68. The molecule has 0 N–H and O–H groups in total. The van der Waals surface area contributed by atoms with E-state index in [1.165, 1.54) is 4.90 Å². The van der Waals surface area contributed by atoms with Gasteiger partial charge in [0.15, 0.2) is 0 Å². The standard InChI is InChI=1S/C13H17BNO2S.Li/c1-12(2)13(3,4)17-14(16-12)11-15-9-7-5-6-8-10(9)18-11;/h5-8,11H,1-4H3;/q-1;+1. The summed E-state index contributed by atoms with van der Waals surface area (Å²) >= 11 is 1.72. The Bertz CT molecular complexity index is 442. The van der Waals surface area contributed by atoms with E-state index in [0.29, 0.717) is 0 Å². The van der Waals surface area contributed by atoms with E-state index >= 15 is 0 Å². The zero-order valence-electron chi connectivity index (χ0n) is 12.1. The Morgan fingerprint density at radius 2 is 1.68 bits per heavy atom. The van der Waals surface area contributed by atoms with Crippen LogP contribution in [-0.2, 0) is 9.31 Å². The molecule has 2 aliphatic heterocycles. The molecule has 1 saturated heterocycles. The van der Waals surface area contributed by atoms with Crippen molar-refractivity contribution in [3.05, 3.63) is 29.6 Å². The van der Waals surface area contributed by atoms with E-state index in [2.05, 4.69) is 39.1 Å². The number of fused-ring (bicyclic) bond motifs is 1. The summed E-state index contributed by atoms with van der Waals surface area (Å²) in [5.41, 5.74) is 0.465. The smallest absolute Gasteiger partial charge is 0.674 e. The Balaban J connectivity index is 0.00000133. The molecule has 3 rings (SSSR count). The van der Waals surface area contributed by atoms with Crippen LogP contribution in [-0.4, -0.2) is 23.6 Å². The van der Waals surface area contributed by atoms with Crippen molar-refractivity contribution >= 4 is 24.6 Å². The van der Waals surface area contributed by atoms with Crippen LogP contribution in [0.1, 0.15) is 27.7 Å². The Morgan fingerprint density at radius 3 is 2.26 bits per heavy atom. The quantitative estimate of drug-likeness (QED) is 0.705. The van der Waals surface area contributed by atoms with Crippen molar-refractivity contribution < 1.29 is 28.2 Å². The summed E-state index contributed by atoms with van der Waals surface area (Å²) in [5.74, 6) is 0. The Kier molecular flexibility index (Phi) is 4.08. The molecule has 3 nitrogen and oxygen atoms in total. The number of rotatable bonds is 1. The van der Waals surface area contributed by atoms with E-state index in [-0.39, 0.29) is 42.5 Å². The maximum atomic E-state index is 6.04. The molecule has 0 bridgehead atoms. The van der Waals surface area contributed by atoms with Gasteiger partial charge in [-0.15, -0.1) is 17.4 Å². The SMILES string of the molecule is CC1(C)OB(C2[N-]c3ccccc3S2)OC1(C)C.[Li+]. The van der Waals surface area contributed by atoms with E-state index in [1.54, 1.807) is 11.8 Å².